The number of aryl methyl sites for hydroxylation is 2. The van der Waals surface area contributed by atoms with Crippen LogP contribution in [0.4, 0.5) is 0 Å². The van der Waals surface area contributed by atoms with Crippen LogP contribution in [0.1, 0.15) is 17.7 Å². The van der Waals surface area contributed by atoms with Crippen LogP contribution in [0.25, 0.3) is 0 Å². The van der Waals surface area contributed by atoms with Crippen LogP contribution in [0.15, 0.2) is 0 Å². The molecule has 3 nitrogen and oxygen atoms in total. The van der Waals surface area contributed by atoms with Gasteiger partial charge < -0.3 is 5.73 Å². The van der Waals surface area contributed by atoms with Crippen molar-refractivity contribution in [3.8, 4) is 0 Å². The first kappa shape index (κ1) is 11.9. The van der Waals surface area contributed by atoms with E-state index in [9.17, 15) is 0 Å². The SMILES string of the molecule is Cc1nn(C)c(Cl)c1CSCCCN. The lowest BCUT2D eigenvalue weighted by molar-refractivity contribution is 0.757. The number of halogens is 1. The maximum atomic E-state index is 6.09. The van der Waals surface area contributed by atoms with E-state index in [-0.39, 0.29) is 0 Å². The number of rotatable bonds is 5. The van der Waals surface area contributed by atoms with E-state index in [1.165, 1.54) is 0 Å². The molecular formula is C9H16ClN3S. The Kier molecular flexibility index (Phi) is 4.78. The zero-order chi connectivity index (χ0) is 10.6. The Hall–Kier alpha value is -0.190. The van der Waals surface area contributed by atoms with Gasteiger partial charge >= 0.3 is 0 Å². The van der Waals surface area contributed by atoms with Gasteiger partial charge in [-0.05, 0) is 25.6 Å². The Labute approximate surface area is 94.0 Å². The van der Waals surface area contributed by atoms with E-state index >= 15 is 0 Å². The van der Waals surface area contributed by atoms with Crippen molar-refractivity contribution in [1.29, 1.82) is 0 Å². The van der Waals surface area contributed by atoms with E-state index in [1.54, 1.807) is 4.68 Å². The summed E-state index contributed by atoms with van der Waals surface area (Å²) in [5.41, 5.74) is 7.59. The largest absolute Gasteiger partial charge is 0.330 e. The number of hydrogen-bond donors (Lipinski definition) is 1. The molecule has 0 amide bonds. The number of hydrogen-bond acceptors (Lipinski definition) is 3. The van der Waals surface area contributed by atoms with Gasteiger partial charge in [-0.25, -0.2) is 0 Å². The van der Waals surface area contributed by atoms with E-state index in [2.05, 4.69) is 5.10 Å². The molecule has 14 heavy (non-hydrogen) atoms. The maximum Gasteiger partial charge on any atom is 0.131 e. The number of aromatic nitrogens is 2. The molecule has 2 N–H and O–H groups in total. The van der Waals surface area contributed by atoms with Crippen LogP contribution in [0.3, 0.4) is 0 Å². The Morgan fingerprint density at radius 3 is 2.79 bits per heavy atom. The van der Waals surface area contributed by atoms with Gasteiger partial charge in [0.2, 0.25) is 0 Å². The summed E-state index contributed by atoms with van der Waals surface area (Å²) >= 11 is 7.94. The molecule has 1 aromatic rings. The third kappa shape index (κ3) is 2.90. The summed E-state index contributed by atoms with van der Waals surface area (Å²) in [4.78, 5) is 0. The standard InChI is InChI=1S/C9H16ClN3S/c1-7-8(6-14-5-3-4-11)9(10)13(2)12-7/h3-6,11H2,1-2H3. The minimum Gasteiger partial charge on any atom is -0.330 e. The molecule has 0 radical (unpaired) electrons. The van der Waals surface area contributed by atoms with Crippen molar-refractivity contribution in [2.45, 2.75) is 19.1 Å². The second-order valence-electron chi connectivity index (χ2n) is 3.17. The van der Waals surface area contributed by atoms with Crippen molar-refractivity contribution in [2.24, 2.45) is 12.8 Å². The van der Waals surface area contributed by atoms with Crippen LogP contribution in [0, 0.1) is 6.92 Å². The molecule has 0 fully saturated rings. The molecule has 0 saturated heterocycles. The topological polar surface area (TPSA) is 43.8 Å². The first-order chi connectivity index (χ1) is 6.66. The summed E-state index contributed by atoms with van der Waals surface area (Å²) < 4.78 is 1.72. The molecule has 1 aromatic heterocycles. The molecule has 1 rings (SSSR count). The quantitative estimate of drug-likeness (QED) is 0.791. The van der Waals surface area contributed by atoms with Gasteiger partial charge in [-0.1, -0.05) is 11.6 Å². The van der Waals surface area contributed by atoms with Gasteiger partial charge in [0.05, 0.1) is 5.69 Å². The maximum absolute atomic E-state index is 6.09. The number of thioether (sulfide) groups is 1. The van der Waals surface area contributed by atoms with Crippen LogP contribution in [-0.4, -0.2) is 22.1 Å². The van der Waals surface area contributed by atoms with Gasteiger partial charge in [0.25, 0.3) is 0 Å². The van der Waals surface area contributed by atoms with E-state index in [0.717, 1.165) is 40.9 Å². The molecule has 0 aliphatic carbocycles. The van der Waals surface area contributed by atoms with Gasteiger partial charge in [-0.3, -0.25) is 4.68 Å². The first-order valence-corrected chi connectivity index (χ1v) is 6.16. The zero-order valence-corrected chi connectivity index (χ0v) is 10.2. The lowest BCUT2D eigenvalue weighted by Gasteiger charge is -2.00. The van der Waals surface area contributed by atoms with E-state index in [4.69, 9.17) is 17.3 Å². The van der Waals surface area contributed by atoms with Crippen LogP contribution < -0.4 is 5.73 Å². The molecular weight excluding hydrogens is 218 g/mol. The Balaban J connectivity index is 2.49. The average Bonchev–Trinajstić information content (AvgIpc) is 2.38. The third-order valence-electron chi connectivity index (χ3n) is 2.01. The predicted molar refractivity (Wildman–Crippen MR) is 62.8 cm³/mol. The van der Waals surface area contributed by atoms with Gasteiger partial charge in [-0.15, -0.1) is 0 Å². The van der Waals surface area contributed by atoms with Crippen LogP contribution in [0.2, 0.25) is 5.15 Å². The van der Waals surface area contributed by atoms with E-state index < -0.39 is 0 Å². The summed E-state index contributed by atoms with van der Waals surface area (Å²) in [6.07, 6.45) is 1.06. The fourth-order valence-corrected chi connectivity index (χ4v) is 2.58. The predicted octanol–water partition coefficient (Wildman–Crippen LogP) is 1.96. The van der Waals surface area contributed by atoms with Crippen LogP contribution >= 0.6 is 23.4 Å². The summed E-state index contributed by atoms with van der Waals surface area (Å²) in [6, 6.07) is 0. The highest BCUT2D eigenvalue weighted by molar-refractivity contribution is 7.98. The molecule has 0 aliphatic heterocycles. The summed E-state index contributed by atoms with van der Waals surface area (Å²) in [5, 5.41) is 5.01. The van der Waals surface area contributed by atoms with Crippen molar-refractivity contribution in [3.63, 3.8) is 0 Å². The van der Waals surface area contributed by atoms with Gasteiger partial charge in [0.1, 0.15) is 5.15 Å². The molecule has 0 aromatic carbocycles. The van der Waals surface area contributed by atoms with Crippen molar-refractivity contribution in [2.75, 3.05) is 12.3 Å². The van der Waals surface area contributed by atoms with E-state index in [1.807, 2.05) is 25.7 Å². The molecule has 0 bridgehead atoms. The van der Waals surface area contributed by atoms with Crippen molar-refractivity contribution < 1.29 is 0 Å². The summed E-state index contributed by atoms with van der Waals surface area (Å²) in [5.74, 6) is 2.01. The molecule has 0 saturated carbocycles. The molecule has 80 valence electrons. The monoisotopic (exact) mass is 233 g/mol. The zero-order valence-electron chi connectivity index (χ0n) is 8.59. The Bertz CT molecular complexity index is 298. The van der Waals surface area contributed by atoms with E-state index in [0.29, 0.717) is 0 Å². The molecule has 0 atom stereocenters. The molecule has 1 heterocycles. The first-order valence-electron chi connectivity index (χ1n) is 4.62. The lowest BCUT2D eigenvalue weighted by Crippen LogP contribution is -1.99. The van der Waals surface area contributed by atoms with Crippen LogP contribution in [-0.2, 0) is 12.8 Å². The normalized spacial score (nSPS) is 10.9. The molecule has 5 heteroatoms. The Morgan fingerprint density at radius 1 is 1.57 bits per heavy atom. The molecule has 0 aliphatic rings. The number of nitrogens with two attached hydrogens (primary N) is 1. The third-order valence-corrected chi connectivity index (χ3v) is 3.55. The Morgan fingerprint density at radius 2 is 2.29 bits per heavy atom. The van der Waals surface area contributed by atoms with Crippen molar-refractivity contribution >= 4 is 23.4 Å². The highest BCUT2D eigenvalue weighted by atomic mass is 35.5. The van der Waals surface area contributed by atoms with Crippen molar-refractivity contribution in [3.05, 3.63) is 16.4 Å². The second-order valence-corrected chi connectivity index (χ2v) is 4.64. The molecule has 0 spiro atoms. The minimum absolute atomic E-state index is 0.753. The smallest absolute Gasteiger partial charge is 0.131 e. The van der Waals surface area contributed by atoms with Gasteiger partial charge in [-0.2, -0.15) is 16.9 Å². The highest BCUT2D eigenvalue weighted by Crippen LogP contribution is 2.23. The number of nitrogens with zero attached hydrogens (tertiary/aromatic N) is 2. The summed E-state index contributed by atoms with van der Waals surface area (Å²) in [6.45, 7) is 2.75. The van der Waals surface area contributed by atoms with Gasteiger partial charge in [0.15, 0.2) is 0 Å². The minimum atomic E-state index is 0.753. The fraction of sp³-hybridized carbons (Fsp3) is 0.667. The lowest BCUT2D eigenvalue weighted by atomic mass is 10.3. The second kappa shape index (κ2) is 5.63. The van der Waals surface area contributed by atoms with Crippen molar-refractivity contribution in [1.82, 2.24) is 9.78 Å². The summed E-state index contributed by atoms with van der Waals surface area (Å²) in [7, 11) is 1.86. The van der Waals surface area contributed by atoms with Crippen LogP contribution in [0.5, 0.6) is 0 Å². The average molecular weight is 234 g/mol. The van der Waals surface area contributed by atoms with Gasteiger partial charge in [0, 0.05) is 18.4 Å². The highest BCUT2D eigenvalue weighted by Gasteiger charge is 2.10. The fourth-order valence-electron chi connectivity index (χ4n) is 1.20. The molecule has 0 unspecified atom stereocenters.